The van der Waals surface area contributed by atoms with Gasteiger partial charge in [0.15, 0.2) is 0 Å². The third-order valence-corrected chi connectivity index (χ3v) is 3.66. The number of ether oxygens (including phenoxy) is 1. The number of rotatable bonds is 4. The number of benzene rings is 1. The van der Waals surface area contributed by atoms with E-state index in [0.717, 1.165) is 32.7 Å². The van der Waals surface area contributed by atoms with Crippen molar-refractivity contribution < 1.29 is 4.74 Å². The zero-order valence-electron chi connectivity index (χ0n) is 11.4. The predicted octanol–water partition coefficient (Wildman–Crippen LogP) is 1.59. The van der Waals surface area contributed by atoms with Crippen LogP contribution in [0, 0.1) is 6.92 Å². The van der Waals surface area contributed by atoms with Gasteiger partial charge in [-0.1, -0.05) is 36.8 Å². The Kier molecular flexibility index (Phi) is 4.75. The Labute approximate surface area is 110 Å². The monoisotopic (exact) mass is 248 g/mol. The summed E-state index contributed by atoms with van der Waals surface area (Å²) >= 11 is 0. The number of aryl methyl sites for hydroxylation is 1. The normalized spacial score (nSPS) is 22.9. The molecule has 1 aromatic rings. The zero-order chi connectivity index (χ0) is 13.0. The van der Waals surface area contributed by atoms with E-state index >= 15 is 0 Å². The molecule has 2 rings (SSSR count). The van der Waals surface area contributed by atoms with Crippen LogP contribution in [0.25, 0.3) is 0 Å². The molecule has 3 nitrogen and oxygen atoms in total. The second kappa shape index (κ2) is 6.32. The second-order valence-electron chi connectivity index (χ2n) is 5.16. The van der Waals surface area contributed by atoms with Gasteiger partial charge in [-0.15, -0.1) is 0 Å². The van der Waals surface area contributed by atoms with Gasteiger partial charge in [0.25, 0.3) is 0 Å². The molecule has 2 unspecified atom stereocenters. The van der Waals surface area contributed by atoms with Gasteiger partial charge in [0.2, 0.25) is 0 Å². The van der Waals surface area contributed by atoms with Crippen LogP contribution in [-0.4, -0.2) is 43.3 Å². The maximum absolute atomic E-state index is 6.30. The van der Waals surface area contributed by atoms with Crippen molar-refractivity contribution in [2.24, 2.45) is 5.73 Å². The first-order chi connectivity index (χ1) is 8.69. The van der Waals surface area contributed by atoms with Crippen molar-refractivity contribution >= 4 is 0 Å². The third kappa shape index (κ3) is 3.55. The molecule has 0 saturated carbocycles. The maximum atomic E-state index is 6.30. The number of nitrogens with two attached hydrogens (primary N) is 1. The SMILES string of the molecule is CCN1CCOC(C(N)Cc2cccc(C)c2)C1. The van der Waals surface area contributed by atoms with E-state index in [0.29, 0.717) is 0 Å². The lowest BCUT2D eigenvalue weighted by molar-refractivity contribution is -0.0385. The summed E-state index contributed by atoms with van der Waals surface area (Å²) in [5, 5.41) is 0. The number of morpholine rings is 1. The number of likely N-dealkylation sites (N-methyl/N-ethyl adjacent to an activating group) is 1. The van der Waals surface area contributed by atoms with Gasteiger partial charge in [0.05, 0.1) is 12.7 Å². The molecule has 0 aliphatic carbocycles. The quantitative estimate of drug-likeness (QED) is 0.879. The summed E-state index contributed by atoms with van der Waals surface area (Å²) in [6.45, 7) is 8.18. The van der Waals surface area contributed by atoms with E-state index in [2.05, 4.69) is 43.0 Å². The first-order valence-electron chi connectivity index (χ1n) is 6.84. The molecule has 0 aromatic heterocycles. The van der Waals surface area contributed by atoms with Crippen molar-refractivity contribution in [3.63, 3.8) is 0 Å². The molecular formula is C15H24N2O. The van der Waals surface area contributed by atoms with Crippen LogP contribution >= 0.6 is 0 Å². The topological polar surface area (TPSA) is 38.5 Å². The minimum atomic E-state index is 0.0844. The highest BCUT2D eigenvalue weighted by atomic mass is 16.5. The van der Waals surface area contributed by atoms with Gasteiger partial charge < -0.3 is 10.5 Å². The fourth-order valence-electron chi connectivity index (χ4n) is 2.52. The van der Waals surface area contributed by atoms with Crippen LogP contribution in [0.3, 0.4) is 0 Å². The van der Waals surface area contributed by atoms with E-state index in [1.54, 1.807) is 0 Å². The van der Waals surface area contributed by atoms with Gasteiger partial charge in [-0.3, -0.25) is 4.90 Å². The second-order valence-corrected chi connectivity index (χ2v) is 5.16. The van der Waals surface area contributed by atoms with Crippen molar-refractivity contribution in [1.82, 2.24) is 4.90 Å². The molecule has 100 valence electrons. The van der Waals surface area contributed by atoms with E-state index in [1.807, 2.05) is 0 Å². The molecular weight excluding hydrogens is 224 g/mol. The number of hydrogen-bond acceptors (Lipinski definition) is 3. The third-order valence-electron chi connectivity index (χ3n) is 3.66. The maximum Gasteiger partial charge on any atom is 0.0856 e. The van der Waals surface area contributed by atoms with Crippen LogP contribution < -0.4 is 5.73 Å². The van der Waals surface area contributed by atoms with Crippen LogP contribution in [0.4, 0.5) is 0 Å². The Balaban J connectivity index is 1.93. The molecule has 0 radical (unpaired) electrons. The lowest BCUT2D eigenvalue weighted by Gasteiger charge is -2.35. The van der Waals surface area contributed by atoms with E-state index in [4.69, 9.17) is 10.5 Å². The molecule has 1 aliphatic rings. The zero-order valence-corrected chi connectivity index (χ0v) is 11.4. The summed E-state index contributed by atoms with van der Waals surface area (Å²) in [6.07, 6.45) is 1.06. The highest BCUT2D eigenvalue weighted by Gasteiger charge is 2.25. The molecule has 18 heavy (non-hydrogen) atoms. The molecule has 1 fully saturated rings. The molecule has 1 saturated heterocycles. The molecule has 1 heterocycles. The van der Waals surface area contributed by atoms with Crippen LogP contribution in [-0.2, 0) is 11.2 Å². The Hall–Kier alpha value is -0.900. The van der Waals surface area contributed by atoms with Gasteiger partial charge in [0.1, 0.15) is 0 Å². The molecule has 2 N–H and O–H groups in total. The van der Waals surface area contributed by atoms with Crippen LogP contribution in [0.15, 0.2) is 24.3 Å². The minimum Gasteiger partial charge on any atom is -0.374 e. The minimum absolute atomic E-state index is 0.0844. The highest BCUT2D eigenvalue weighted by molar-refractivity contribution is 5.23. The summed E-state index contributed by atoms with van der Waals surface area (Å²) in [5.41, 5.74) is 8.89. The van der Waals surface area contributed by atoms with Crippen LogP contribution in [0.5, 0.6) is 0 Å². The average molecular weight is 248 g/mol. The van der Waals surface area contributed by atoms with Crippen LogP contribution in [0.1, 0.15) is 18.1 Å². The summed E-state index contributed by atoms with van der Waals surface area (Å²) < 4.78 is 5.81. The Morgan fingerprint density at radius 1 is 1.50 bits per heavy atom. The van der Waals surface area contributed by atoms with Gasteiger partial charge in [-0.2, -0.15) is 0 Å². The average Bonchev–Trinajstić information content (AvgIpc) is 2.39. The Morgan fingerprint density at radius 3 is 3.06 bits per heavy atom. The first-order valence-corrected chi connectivity index (χ1v) is 6.84. The van der Waals surface area contributed by atoms with Gasteiger partial charge >= 0.3 is 0 Å². The Morgan fingerprint density at radius 2 is 2.33 bits per heavy atom. The number of nitrogens with zero attached hydrogens (tertiary/aromatic N) is 1. The molecule has 0 amide bonds. The van der Waals surface area contributed by atoms with Crippen molar-refractivity contribution in [1.29, 1.82) is 0 Å². The van der Waals surface area contributed by atoms with Crippen molar-refractivity contribution in [2.75, 3.05) is 26.2 Å². The molecule has 3 heteroatoms. The lowest BCUT2D eigenvalue weighted by atomic mass is 9.99. The molecule has 0 bridgehead atoms. The van der Waals surface area contributed by atoms with E-state index in [1.165, 1.54) is 11.1 Å². The van der Waals surface area contributed by atoms with Crippen LogP contribution in [0.2, 0.25) is 0 Å². The summed E-state index contributed by atoms with van der Waals surface area (Å²) in [7, 11) is 0. The van der Waals surface area contributed by atoms with Gasteiger partial charge in [-0.05, 0) is 25.5 Å². The fraction of sp³-hybridized carbons (Fsp3) is 0.600. The first kappa shape index (κ1) is 13.5. The van der Waals surface area contributed by atoms with E-state index in [9.17, 15) is 0 Å². The highest BCUT2D eigenvalue weighted by Crippen LogP contribution is 2.13. The lowest BCUT2D eigenvalue weighted by Crippen LogP contribution is -2.51. The molecule has 1 aliphatic heterocycles. The van der Waals surface area contributed by atoms with E-state index in [-0.39, 0.29) is 12.1 Å². The molecule has 1 aromatic carbocycles. The summed E-state index contributed by atoms with van der Waals surface area (Å²) in [4.78, 5) is 2.41. The Bertz CT molecular complexity index is 381. The number of hydrogen-bond donors (Lipinski definition) is 1. The largest absolute Gasteiger partial charge is 0.374 e. The van der Waals surface area contributed by atoms with Crippen molar-refractivity contribution in [2.45, 2.75) is 32.4 Å². The fourth-order valence-corrected chi connectivity index (χ4v) is 2.52. The molecule has 0 spiro atoms. The van der Waals surface area contributed by atoms with Gasteiger partial charge in [0, 0.05) is 19.1 Å². The summed E-state index contributed by atoms with van der Waals surface area (Å²) in [6, 6.07) is 8.65. The smallest absolute Gasteiger partial charge is 0.0856 e. The molecule has 2 atom stereocenters. The van der Waals surface area contributed by atoms with E-state index < -0.39 is 0 Å². The summed E-state index contributed by atoms with van der Waals surface area (Å²) in [5.74, 6) is 0. The standard InChI is InChI=1S/C15H24N2O/c1-3-17-7-8-18-15(11-17)14(16)10-13-6-4-5-12(2)9-13/h4-6,9,14-15H,3,7-8,10-11,16H2,1-2H3. The van der Waals surface area contributed by atoms with Gasteiger partial charge in [-0.25, -0.2) is 0 Å². The predicted molar refractivity (Wildman–Crippen MR) is 74.7 cm³/mol. The van der Waals surface area contributed by atoms with Crippen molar-refractivity contribution in [3.8, 4) is 0 Å². The van der Waals surface area contributed by atoms with Crippen molar-refractivity contribution in [3.05, 3.63) is 35.4 Å².